The van der Waals surface area contributed by atoms with Crippen LogP contribution in [0.25, 0.3) is 17.2 Å². The first-order valence-corrected chi connectivity index (χ1v) is 8.46. The fourth-order valence-electron chi connectivity index (χ4n) is 2.82. The van der Waals surface area contributed by atoms with Crippen LogP contribution in [0.5, 0.6) is 0 Å². The molecule has 0 saturated heterocycles. The summed E-state index contributed by atoms with van der Waals surface area (Å²) in [6.45, 7) is 4.20. The Balaban J connectivity index is 1.78. The van der Waals surface area contributed by atoms with Gasteiger partial charge >= 0.3 is 0 Å². The Morgan fingerprint density at radius 3 is 2.28 bits per heavy atom. The van der Waals surface area contributed by atoms with E-state index in [9.17, 15) is 4.79 Å². The molecule has 0 aliphatic carbocycles. The van der Waals surface area contributed by atoms with Crippen molar-refractivity contribution in [3.8, 4) is 11.1 Å². The van der Waals surface area contributed by atoms with Gasteiger partial charge in [-0.1, -0.05) is 68.4 Å². The SMILES string of the molecule is CC(C)c1nn(C)cc1/C=C/C(=O)c1ccc(-c2ccccc2)cc1. The monoisotopic (exact) mass is 330 g/mol. The standard InChI is InChI=1S/C22H22N2O/c1-16(2)22-20(15-24(3)23-22)13-14-21(25)19-11-9-18(10-12-19)17-7-5-4-6-8-17/h4-16H,1-3H3/b14-13+. The Bertz CT molecular complexity index is 888. The van der Waals surface area contributed by atoms with Gasteiger partial charge in [-0.2, -0.15) is 5.10 Å². The number of nitrogens with zero attached hydrogens (tertiary/aromatic N) is 2. The smallest absolute Gasteiger partial charge is 0.185 e. The van der Waals surface area contributed by atoms with E-state index in [-0.39, 0.29) is 5.78 Å². The van der Waals surface area contributed by atoms with Crippen LogP contribution in [0.1, 0.15) is 41.4 Å². The largest absolute Gasteiger partial charge is 0.289 e. The molecule has 3 nitrogen and oxygen atoms in total. The molecule has 1 heterocycles. The van der Waals surface area contributed by atoms with E-state index < -0.39 is 0 Å². The van der Waals surface area contributed by atoms with Gasteiger partial charge in [0, 0.05) is 24.4 Å². The van der Waals surface area contributed by atoms with E-state index in [1.54, 1.807) is 10.8 Å². The molecule has 0 atom stereocenters. The van der Waals surface area contributed by atoms with E-state index >= 15 is 0 Å². The van der Waals surface area contributed by atoms with Crippen molar-refractivity contribution in [1.29, 1.82) is 0 Å². The molecule has 25 heavy (non-hydrogen) atoms. The molecule has 3 rings (SSSR count). The van der Waals surface area contributed by atoms with Crippen molar-refractivity contribution in [2.24, 2.45) is 7.05 Å². The molecule has 3 aromatic rings. The second-order valence-corrected chi connectivity index (χ2v) is 6.44. The first kappa shape index (κ1) is 16.9. The molecule has 2 aromatic carbocycles. The van der Waals surface area contributed by atoms with E-state index in [1.165, 1.54) is 0 Å². The summed E-state index contributed by atoms with van der Waals surface area (Å²) in [6.07, 6.45) is 5.42. The van der Waals surface area contributed by atoms with Gasteiger partial charge in [-0.25, -0.2) is 0 Å². The number of carbonyl (C=O) groups excluding carboxylic acids is 1. The number of allylic oxidation sites excluding steroid dienone is 1. The zero-order valence-electron chi connectivity index (χ0n) is 14.8. The van der Waals surface area contributed by atoms with Crippen LogP contribution in [0.3, 0.4) is 0 Å². The third-order valence-corrected chi connectivity index (χ3v) is 4.12. The highest BCUT2D eigenvalue weighted by atomic mass is 16.1. The number of aryl methyl sites for hydroxylation is 1. The van der Waals surface area contributed by atoms with Gasteiger partial charge in [0.1, 0.15) is 0 Å². The number of hydrogen-bond acceptors (Lipinski definition) is 2. The van der Waals surface area contributed by atoms with Crippen LogP contribution < -0.4 is 0 Å². The van der Waals surface area contributed by atoms with E-state index in [0.717, 1.165) is 22.4 Å². The molecule has 1 aromatic heterocycles. The van der Waals surface area contributed by atoms with Crippen LogP contribution in [0.4, 0.5) is 0 Å². The predicted molar refractivity (Wildman–Crippen MR) is 103 cm³/mol. The van der Waals surface area contributed by atoms with E-state index in [1.807, 2.05) is 61.8 Å². The Morgan fingerprint density at radius 2 is 1.64 bits per heavy atom. The molecule has 0 saturated carbocycles. The second kappa shape index (κ2) is 7.31. The molecule has 3 heteroatoms. The van der Waals surface area contributed by atoms with E-state index in [2.05, 4.69) is 31.1 Å². The summed E-state index contributed by atoms with van der Waals surface area (Å²) < 4.78 is 1.79. The third kappa shape index (κ3) is 3.94. The highest BCUT2D eigenvalue weighted by Crippen LogP contribution is 2.21. The van der Waals surface area contributed by atoms with Gasteiger partial charge in [0.15, 0.2) is 5.78 Å². The topological polar surface area (TPSA) is 34.9 Å². The van der Waals surface area contributed by atoms with E-state index in [0.29, 0.717) is 11.5 Å². The van der Waals surface area contributed by atoms with Crippen LogP contribution in [0, 0.1) is 0 Å². The van der Waals surface area contributed by atoms with Gasteiger partial charge in [-0.15, -0.1) is 0 Å². The number of aromatic nitrogens is 2. The van der Waals surface area contributed by atoms with Crippen molar-refractivity contribution in [2.75, 3.05) is 0 Å². The van der Waals surface area contributed by atoms with Crippen LogP contribution in [0.15, 0.2) is 66.9 Å². The molecule has 0 N–H and O–H groups in total. The number of ketones is 1. The maximum absolute atomic E-state index is 12.4. The lowest BCUT2D eigenvalue weighted by Crippen LogP contribution is -1.95. The average molecular weight is 330 g/mol. The quantitative estimate of drug-likeness (QED) is 0.481. The third-order valence-electron chi connectivity index (χ3n) is 4.12. The molecule has 0 radical (unpaired) electrons. The Hall–Kier alpha value is -2.94. The number of rotatable bonds is 5. The number of carbonyl (C=O) groups is 1. The van der Waals surface area contributed by atoms with Crippen LogP contribution in [-0.2, 0) is 7.05 Å². The van der Waals surface area contributed by atoms with Crippen molar-refractivity contribution in [1.82, 2.24) is 9.78 Å². The maximum atomic E-state index is 12.4. The fourth-order valence-corrected chi connectivity index (χ4v) is 2.82. The summed E-state index contributed by atoms with van der Waals surface area (Å²) in [6, 6.07) is 17.9. The van der Waals surface area contributed by atoms with Gasteiger partial charge in [-0.3, -0.25) is 9.48 Å². The first-order valence-electron chi connectivity index (χ1n) is 8.46. The molecule has 0 unspecified atom stereocenters. The molecule has 0 bridgehead atoms. The molecule has 0 spiro atoms. The average Bonchev–Trinajstić information content (AvgIpc) is 3.01. The normalized spacial score (nSPS) is 11.4. The Morgan fingerprint density at radius 1 is 1.00 bits per heavy atom. The highest BCUT2D eigenvalue weighted by Gasteiger charge is 2.10. The maximum Gasteiger partial charge on any atom is 0.185 e. The summed E-state index contributed by atoms with van der Waals surface area (Å²) in [4.78, 5) is 12.4. The zero-order chi connectivity index (χ0) is 17.8. The molecule has 0 aliphatic heterocycles. The van der Waals surface area contributed by atoms with Crippen LogP contribution in [0.2, 0.25) is 0 Å². The van der Waals surface area contributed by atoms with Gasteiger partial charge in [0.05, 0.1) is 5.69 Å². The minimum atomic E-state index is -0.00169. The second-order valence-electron chi connectivity index (χ2n) is 6.44. The van der Waals surface area contributed by atoms with Crippen molar-refractivity contribution in [2.45, 2.75) is 19.8 Å². The van der Waals surface area contributed by atoms with Crippen LogP contribution in [-0.4, -0.2) is 15.6 Å². The molecule has 0 aliphatic rings. The Labute approximate surface area is 148 Å². The van der Waals surface area contributed by atoms with Gasteiger partial charge < -0.3 is 0 Å². The van der Waals surface area contributed by atoms with E-state index in [4.69, 9.17) is 0 Å². The molecule has 0 amide bonds. The molecule has 0 fully saturated rings. The van der Waals surface area contributed by atoms with Crippen molar-refractivity contribution in [3.63, 3.8) is 0 Å². The van der Waals surface area contributed by atoms with Gasteiger partial charge in [0.25, 0.3) is 0 Å². The zero-order valence-corrected chi connectivity index (χ0v) is 14.8. The van der Waals surface area contributed by atoms with Crippen molar-refractivity contribution in [3.05, 3.63) is 83.7 Å². The van der Waals surface area contributed by atoms with Crippen molar-refractivity contribution >= 4 is 11.9 Å². The fraction of sp³-hybridized carbons (Fsp3) is 0.182. The van der Waals surface area contributed by atoms with Gasteiger partial charge in [0.2, 0.25) is 0 Å². The lowest BCUT2D eigenvalue weighted by molar-refractivity contribution is 0.104. The number of benzene rings is 2. The summed E-state index contributed by atoms with van der Waals surface area (Å²) in [5, 5.41) is 4.46. The summed E-state index contributed by atoms with van der Waals surface area (Å²) >= 11 is 0. The van der Waals surface area contributed by atoms with Crippen molar-refractivity contribution < 1.29 is 4.79 Å². The summed E-state index contributed by atoms with van der Waals surface area (Å²) in [5.41, 5.74) is 4.94. The minimum Gasteiger partial charge on any atom is -0.289 e. The number of hydrogen-bond donors (Lipinski definition) is 0. The van der Waals surface area contributed by atoms with Gasteiger partial charge in [-0.05, 0) is 29.2 Å². The molecular weight excluding hydrogens is 308 g/mol. The predicted octanol–water partition coefficient (Wildman–Crippen LogP) is 5.11. The summed E-state index contributed by atoms with van der Waals surface area (Å²) in [7, 11) is 1.90. The lowest BCUT2D eigenvalue weighted by atomic mass is 10.0. The first-order chi connectivity index (χ1) is 12.0. The molecular formula is C22H22N2O. The minimum absolute atomic E-state index is 0.00169. The lowest BCUT2D eigenvalue weighted by Gasteiger charge is -2.03. The van der Waals surface area contributed by atoms with Crippen LogP contribution >= 0.6 is 0 Å². The summed E-state index contributed by atoms with van der Waals surface area (Å²) in [5.74, 6) is 0.319. The highest BCUT2D eigenvalue weighted by molar-refractivity contribution is 6.07. The molecule has 126 valence electrons. The Kier molecular flexibility index (Phi) is 4.94.